The van der Waals surface area contributed by atoms with Gasteiger partial charge in [-0.25, -0.2) is 4.39 Å². The molecule has 0 radical (unpaired) electrons. The van der Waals surface area contributed by atoms with Crippen molar-refractivity contribution in [1.29, 1.82) is 0 Å². The minimum Gasteiger partial charge on any atom is -0.507 e. The first-order valence-electron chi connectivity index (χ1n) is 12.2. The van der Waals surface area contributed by atoms with Gasteiger partial charge in [0.2, 0.25) is 0 Å². The summed E-state index contributed by atoms with van der Waals surface area (Å²) < 4.78 is 30.8. The Labute approximate surface area is 220 Å². The number of hydrogen-bond donors (Lipinski definition) is 1. The van der Waals surface area contributed by atoms with E-state index in [9.17, 15) is 19.1 Å². The number of methoxy groups -OCH3 is 1. The molecule has 3 aromatic rings. The predicted octanol–water partition coefficient (Wildman–Crippen LogP) is 5.53. The van der Waals surface area contributed by atoms with Crippen molar-refractivity contribution in [3.8, 4) is 17.2 Å². The third kappa shape index (κ3) is 4.36. The molecule has 2 aliphatic heterocycles. The number of benzene rings is 3. The maximum Gasteiger partial charge on any atom is 0.300 e. The number of amides is 1. The van der Waals surface area contributed by atoms with Crippen LogP contribution < -0.4 is 19.1 Å². The monoisotopic (exact) mass is 517 g/mol. The first-order valence-corrected chi connectivity index (χ1v) is 12.2. The van der Waals surface area contributed by atoms with Crippen LogP contribution in [0.2, 0.25) is 0 Å². The average molecular weight is 518 g/mol. The van der Waals surface area contributed by atoms with Crippen molar-refractivity contribution in [1.82, 2.24) is 0 Å². The largest absolute Gasteiger partial charge is 0.507 e. The molecule has 0 aliphatic carbocycles. The van der Waals surface area contributed by atoms with E-state index in [1.165, 1.54) is 24.1 Å². The second-order valence-corrected chi connectivity index (χ2v) is 10.2. The standard InChI is InChI=1S/C30H28FNO6/c1-30(2,3)18-7-5-17(6-8-18)26-25(27(33)21-15-19(31)9-11-22(21)36-4)28(34)29(35)32(26)20-10-12-23-24(16-20)38-14-13-37-23/h5-12,15-16,26,33H,13-14H2,1-4H3/b27-25+. The number of carbonyl (C=O) groups excluding carboxylic acids is 2. The van der Waals surface area contributed by atoms with Crippen molar-refractivity contribution >= 4 is 23.1 Å². The molecule has 3 aromatic carbocycles. The number of anilines is 1. The number of Topliss-reactive ketones (excluding diaryl/α,β-unsaturated/α-hetero) is 1. The molecule has 1 N–H and O–H groups in total. The van der Waals surface area contributed by atoms with Crippen molar-refractivity contribution in [2.45, 2.75) is 32.2 Å². The van der Waals surface area contributed by atoms with Crippen LogP contribution >= 0.6 is 0 Å². The Balaban J connectivity index is 1.72. The van der Waals surface area contributed by atoms with E-state index in [2.05, 4.69) is 20.8 Å². The zero-order valence-electron chi connectivity index (χ0n) is 21.6. The number of hydrogen-bond acceptors (Lipinski definition) is 6. The van der Waals surface area contributed by atoms with Crippen molar-refractivity contribution in [3.63, 3.8) is 0 Å². The van der Waals surface area contributed by atoms with Crippen LogP contribution in [0.25, 0.3) is 5.76 Å². The quantitative estimate of drug-likeness (QED) is 0.278. The number of ketones is 1. The van der Waals surface area contributed by atoms with Crippen LogP contribution in [0.1, 0.15) is 43.5 Å². The zero-order chi connectivity index (χ0) is 27.2. The normalized spacial score (nSPS) is 18.6. The van der Waals surface area contributed by atoms with Gasteiger partial charge in [0.25, 0.3) is 11.7 Å². The van der Waals surface area contributed by atoms with Gasteiger partial charge < -0.3 is 19.3 Å². The Morgan fingerprint density at radius 3 is 2.32 bits per heavy atom. The summed E-state index contributed by atoms with van der Waals surface area (Å²) >= 11 is 0. The van der Waals surface area contributed by atoms with Crippen LogP contribution in [0.4, 0.5) is 10.1 Å². The molecule has 1 unspecified atom stereocenters. The van der Waals surface area contributed by atoms with Gasteiger partial charge in [-0.2, -0.15) is 0 Å². The van der Waals surface area contributed by atoms with E-state index in [1.807, 2.05) is 24.3 Å². The maximum atomic E-state index is 14.2. The lowest BCUT2D eigenvalue weighted by Crippen LogP contribution is -2.29. The number of nitrogens with zero attached hydrogens (tertiary/aromatic N) is 1. The minimum atomic E-state index is -0.987. The highest BCUT2D eigenvalue weighted by Gasteiger charge is 2.47. The number of rotatable bonds is 4. The average Bonchev–Trinajstić information content (AvgIpc) is 3.17. The van der Waals surface area contributed by atoms with E-state index in [4.69, 9.17) is 14.2 Å². The molecule has 38 heavy (non-hydrogen) atoms. The van der Waals surface area contributed by atoms with Crippen LogP contribution in [0, 0.1) is 5.82 Å². The summed E-state index contributed by atoms with van der Waals surface area (Å²) in [6.45, 7) is 7.01. The van der Waals surface area contributed by atoms with Gasteiger partial charge in [-0.15, -0.1) is 0 Å². The summed E-state index contributed by atoms with van der Waals surface area (Å²) in [6.07, 6.45) is 0. The molecule has 1 amide bonds. The highest BCUT2D eigenvalue weighted by atomic mass is 19.1. The molecule has 5 rings (SSSR count). The first-order chi connectivity index (χ1) is 18.1. The lowest BCUT2D eigenvalue weighted by molar-refractivity contribution is -0.132. The topological polar surface area (TPSA) is 85.3 Å². The second-order valence-electron chi connectivity index (χ2n) is 10.2. The van der Waals surface area contributed by atoms with Crippen molar-refractivity contribution in [3.05, 3.63) is 88.7 Å². The fourth-order valence-corrected chi connectivity index (χ4v) is 4.77. The van der Waals surface area contributed by atoms with Gasteiger partial charge >= 0.3 is 0 Å². The number of aliphatic hydroxyl groups excluding tert-OH is 1. The zero-order valence-corrected chi connectivity index (χ0v) is 21.6. The molecule has 0 aromatic heterocycles. The van der Waals surface area contributed by atoms with Crippen molar-refractivity contribution in [2.75, 3.05) is 25.2 Å². The summed E-state index contributed by atoms with van der Waals surface area (Å²) in [4.78, 5) is 28.3. The Morgan fingerprint density at radius 2 is 1.66 bits per heavy atom. The van der Waals surface area contributed by atoms with E-state index in [0.717, 1.165) is 11.6 Å². The number of halogens is 1. The SMILES string of the molecule is COc1ccc(F)cc1/C(O)=C1\C(=O)C(=O)N(c2ccc3c(c2)OCCO3)C1c1ccc(C(C)(C)C)cc1. The van der Waals surface area contributed by atoms with Crippen LogP contribution in [0.3, 0.4) is 0 Å². The molecule has 196 valence electrons. The molecule has 1 fully saturated rings. The van der Waals surface area contributed by atoms with Crippen LogP contribution in [-0.2, 0) is 15.0 Å². The second kappa shape index (κ2) is 9.52. The third-order valence-corrected chi connectivity index (χ3v) is 6.76. The first kappa shape index (κ1) is 25.3. The third-order valence-electron chi connectivity index (χ3n) is 6.76. The summed E-state index contributed by atoms with van der Waals surface area (Å²) in [7, 11) is 1.38. The van der Waals surface area contributed by atoms with Gasteiger partial charge in [0.1, 0.15) is 30.5 Å². The Hall–Kier alpha value is -4.33. The van der Waals surface area contributed by atoms with Gasteiger partial charge in [0.15, 0.2) is 11.5 Å². The van der Waals surface area contributed by atoms with E-state index >= 15 is 0 Å². The Kier molecular flexibility index (Phi) is 6.34. The van der Waals surface area contributed by atoms with Gasteiger partial charge in [0.05, 0.1) is 24.3 Å². The van der Waals surface area contributed by atoms with E-state index in [0.29, 0.717) is 36.0 Å². The number of carbonyl (C=O) groups is 2. The van der Waals surface area contributed by atoms with Crippen molar-refractivity contribution < 1.29 is 33.3 Å². The summed E-state index contributed by atoms with van der Waals surface area (Å²) in [6, 6.07) is 15.1. The van der Waals surface area contributed by atoms with Crippen LogP contribution in [-0.4, -0.2) is 37.1 Å². The molecular formula is C30H28FNO6. The van der Waals surface area contributed by atoms with Crippen LogP contribution in [0.15, 0.2) is 66.2 Å². The molecule has 7 nitrogen and oxygen atoms in total. The molecule has 1 atom stereocenters. The number of fused-ring (bicyclic) bond motifs is 1. The van der Waals surface area contributed by atoms with E-state index in [1.54, 1.807) is 18.2 Å². The van der Waals surface area contributed by atoms with E-state index < -0.39 is 29.3 Å². The maximum absolute atomic E-state index is 14.2. The summed E-state index contributed by atoms with van der Waals surface area (Å²) in [5.41, 5.74) is 1.74. The van der Waals surface area contributed by atoms with Gasteiger partial charge in [-0.3, -0.25) is 14.5 Å². The lowest BCUT2D eigenvalue weighted by atomic mass is 9.85. The molecule has 1 saturated heterocycles. The van der Waals surface area contributed by atoms with Gasteiger partial charge in [0, 0.05) is 11.8 Å². The minimum absolute atomic E-state index is 0.0241. The summed E-state index contributed by atoms with van der Waals surface area (Å²) in [5, 5.41) is 11.4. The number of ether oxygens (including phenoxy) is 3. The van der Waals surface area contributed by atoms with E-state index in [-0.39, 0.29) is 22.3 Å². The molecule has 0 bridgehead atoms. The highest BCUT2D eigenvalue weighted by Crippen LogP contribution is 2.45. The molecule has 2 aliphatic rings. The molecule has 0 spiro atoms. The number of aliphatic hydroxyl groups is 1. The molecular weight excluding hydrogens is 489 g/mol. The predicted molar refractivity (Wildman–Crippen MR) is 140 cm³/mol. The Morgan fingerprint density at radius 1 is 0.974 bits per heavy atom. The Bertz CT molecular complexity index is 1450. The highest BCUT2D eigenvalue weighted by molar-refractivity contribution is 6.51. The summed E-state index contributed by atoms with van der Waals surface area (Å²) in [5.74, 6) is -1.73. The van der Waals surface area contributed by atoms with Crippen LogP contribution in [0.5, 0.6) is 17.2 Å². The molecule has 8 heteroatoms. The van der Waals surface area contributed by atoms with Crippen molar-refractivity contribution in [2.24, 2.45) is 0 Å². The molecule has 0 saturated carbocycles. The van der Waals surface area contributed by atoms with Gasteiger partial charge in [-0.1, -0.05) is 45.0 Å². The van der Waals surface area contributed by atoms with Gasteiger partial charge in [-0.05, 0) is 46.9 Å². The smallest absolute Gasteiger partial charge is 0.300 e. The fourth-order valence-electron chi connectivity index (χ4n) is 4.77. The molecule has 2 heterocycles. The lowest BCUT2D eigenvalue weighted by Gasteiger charge is -2.28. The fraction of sp³-hybridized carbons (Fsp3) is 0.267.